The summed E-state index contributed by atoms with van der Waals surface area (Å²) in [4.78, 5) is 13.1. The maximum Gasteiger partial charge on any atom is 0.224 e. The number of halogens is 4. The summed E-state index contributed by atoms with van der Waals surface area (Å²) in [5.74, 6) is -5.73. The van der Waals surface area contributed by atoms with Crippen LogP contribution >= 0.6 is 0 Å². The Morgan fingerprint density at radius 1 is 1.02 bits per heavy atom. The highest BCUT2D eigenvalue weighted by molar-refractivity contribution is 7.89. The van der Waals surface area contributed by atoms with Crippen molar-refractivity contribution in [3.63, 3.8) is 0 Å². The van der Waals surface area contributed by atoms with E-state index in [1.165, 1.54) is 12.3 Å². The van der Waals surface area contributed by atoms with Gasteiger partial charge in [0.05, 0.1) is 24.7 Å². The average molecular weight is 632 g/mol. The van der Waals surface area contributed by atoms with Gasteiger partial charge < -0.3 is 20.1 Å². The number of hydrogen-bond acceptors (Lipinski definition) is 9. The highest BCUT2D eigenvalue weighted by Gasteiger charge is 2.28. The summed E-state index contributed by atoms with van der Waals surface area (Å²) in [5, 5.41) is 6.38. The lowest BCUT2D eigenvalue weighted by Gasteiger charge is -2.26. The van der Waals surface area contributed by atoms with Gasteiger partial charge in [0, 0.05) is 60.2 Å². The first-order valence-electron chi connectivity index (χ1n) is 14.1. The highest BCUT2D eigenvalue weighted by Crippen LogP contribution is 2.37. The van der Waals surface area contributed by atoms with E-state index in [1.54, 1.807) is 30.3 Å². The lowest BCUT2D eigenvalue weighted by molar-refractivity contribution is 0.138. The van der Waals surface area contributed by atoms with Crippen LogP contribution in [0.15, 0.2) is 48.7 Å². The molecule has 0 spiro atoms. The molecule has 6 rings (SSSR count). The van der Waals surface area contributed by atoms with Crippen LogP contribution in [0.5, 0.6) is 5.88 Å². The second-order valence-corrected chi connectivity index (χ2v) is 13.0. The van der Waals surface area contributed by atoms with Crippen LogP contribution in [0.3, 0.4) is 0 Å². The van der Waals surface area contributed by atoms with Gasteiger partial charge in [0.25, 0.3) is 0 Å². The van der Waals surface area contributed by atoms with Gasteiger partial charge in [-0.05, 0) is 17.7 Å². The third kappa shape index (κ3) is 6.76. The lowest BCUT2D eigenvalue weighted by Crippen LogP contribution is -2.44. The third-order valence-electron chi connectivity index (χ3n) is 7.47. The highest BCUT2D eigenvalue weighted by atomic mass is 32.2. The molecule has 0 saturated carbocycles. The monoisotopic (exact) mass is 631 g/mol. The van der Waals surface area contributed by atoms with Crippen molar-refractivity contribution in [3.05, 3.63) is 77.2 Å². The number of nitrogens with one attached hydrogen (secondary N) is 2. The predicted molar refractivity (Wildman–Crippen MR) is 155 cm³/mol. The van der Waals surface area contributed by atoms with E-state index >= 15 is 13.2 Å². The number of alkyl halides is 1. The number of nitrogens with zero attached hydrogens (tertiary/aromatic N) is 3. The van der Waals surface area contributed by atoms with Crippen molar-refractivity contribution in [1.29, 1.82) is 0 Å². The molecule has 0 aliphatic carbocycles. The summed E-state index contributed by atoms with van der Waals surface area (Å²) in [7, 11) is -4.04. The maximum atomic E-state index is 15.7. The van der Waals surface area contributed by atoms with Gasteiger partial charge in [0.1, 0.15) is 18.1 Å². The first-order valence-corrected chi connectivity index (χ1v) is 15.9. The summed E-state index contributed by atoms with van der Waals surface area (Å²) in [5.41, 5.74) is -0.871. The molecule has 0 radical (unpaired) electrons. The van der Waals surface area contributed by atoms with Crippen LogP contribution in [-0.4, -0.2) is 68.0 Å². The summed E-state index contributed by atoms with van der Waals surface area (Å²) in [6, 6.07) is 10.0. The fourth-order valence-corrected chi connectivity index (χ4v) is 6.81. The van der Waals surface area contributed by atoms with Crippen molar-refractivity contribution in [2.75, 3.05) is 31.6 Å². The normalized spacial score (nSPS) is 20.6. The SMILES string of the molecule is O=S(=O)(Cc1ccccc1)Cc1c(F)cc(-c2cc3cnc(N[C@@H]4CNC[C@@H](F)C4)nc3nc2OC2CCOC2)c(F)c1F. The predicted octanol–water partition coefficient (Wildman–Crippen LogP) is 4.50. The minimum atomic E-state index is -4.04. The van der Waals surface area contributed by atoms with E-state index in [1.807, 2.05) is 0 Å². The molecule has 9 nitrogen and oxygen atoms in total. The molecule has 4 aromatic rings. The summed E-state index contributed by atoms with van der Waals surface area (Å²) in [6.45, 7) is 1.45. The first kappa shape index (κ1) is 30.2. The van der Waals surface area contributed by atoms with E-state index in [2.05, 4.69) is 25.6 Å². The van der Waals surface area contributed by atoms with Gasteiger partial charge in [0.15, 0.2) is 27.1 Å². The van der Waals surface area contributed by atoms with Crippen LogP contribution < -0.4 is 15.4 Å². The minimum absolute atomic E-state index is 0.0700. The lowest BCUT2D eigenvalue weighted by atomic mass is 10.0. The second-order valence-electron chi connectivity index (χ2n) is 10.9. The maximum absolute atomic E-state index is 15.7. The van der Waals surface area contributed by atoms with Gasteiger partial charge in [-0.3, -0.25) is 0 Å². The van der Waals surface area contributed by atoms with Gasteiger partial charge in [0.2, 0.25) is 11.8 Å². The third-order valence-corrected chi connectivity index (χ3v) is 8.97. The Kier molecular flexibility index (Phi) is 8.65. The van der Waals surface area contributed by atoms with Crippen LogP contribution in [0.25, 0.3) is 22.2 Å². The molecule has 232 valence electrons. The number of fused-ring (bicyclic) bond motifs is 1. The smallest absolute Gasteiger partial charge is 0.224 e. The summed E-state index contributed by atoms with van der Waals surface area (Å²) < 4.78 is 97.2. The van der Waals surface area contributed by atoms with Crippen LogP contribution in [0.1, 0.15) is 24.0 Å². The molecule has 2 fully saturated rings. The zero-order chi connectivity index (χ0) is 30.8. The van der Waals surface area contributed by atoms with Crippen molar-refractivity contribution in [1.82, 2.24) is 20.3 Å². The van der Waals surface area contributed by atoms with Crippen LogP contribution in [0.2, 0.25) is 0 Å². The Hall–Kier alpha value is -3.88. The van der Waals surface area contributed by atoms with Gasteiger partial charge >= 0.3 is 0 Å². The molecule has 2 aromatic carbocycles. The van der Waals surface area contributed by atoms with Crippen molar-refractivity contribution < 1.29 is 35.5 Å². The van der Waals surface area contributed by atoms with Crippen LogP contribution in [0, 0.1) is 17.5 Å². The standard InChI is InChI=1S/C30H29F4N5O4S/c31-19-9-20(13-35-12-19)37-30-36-11-18-8-23(29(38-28(18)39-30)43-21-6-7-42-14-21)22-10-25(32)24(27(34)26(22)33)16-44(40,41)15-17-4-2-1-3-5-17/h1-5,8,10-11,19-21,35H,6-7,9,12-16H2,(H,36,37,38,39)/t19-,20-,21?/m0/s1. The zero-order valence-electron chi connectivity index (χ0n) is 23.4. The largest absolute Gasteiger partial charge is 0.471 e. The van der Waals surface area contributed by atoms with Crippen molar-refractivity contribution >= 4 is 26.8 Å². The Labute approximate surface area is 251 Å². The van der Waals surface area contributed by atoms with Crippen LogP contribution in [-0.2, 0) is 26.1 Å². The van der Waals surface area contributed by atoms with Gasteiger partial charge in [-0.15, -0.1) is 0 Å². The molecule has 14 heteroatoms. The number of hydrogen-bond donors (Lipinski definition) is 2. The number of benzene rings is 2. The van der Waals surface area contributed by atoms with E-state index in [4.69, 9.17) is 9.47 Å². The van der Waals surface area contributed by atoms with E-state index in [0.29, 0.717) is 30.5 Å². The Morgan fingerprint density at radius 2 is 1.84 bits per heavy atom. The number of anilines is 1. The Balaban J connectivity index is 1.35. The molecule has 4 heterocycles. The van der Waals surface area contributed by atoms with Crippen molar-refractivity contribution in [2.45, 2.75) is 42.7 Å². The van der Waals surface area contributed by atoms with E-state index < -0.39 is 62.2 Å². The fraction of sp³-hybridized carbons (Fsp3) is 0.367. The molecular formula is C30H29F4N5O4S. The Morgan fingerprint density at radius 3 is 2.59 bits per heavy atom. The van der Waals surface area contributed by atoms with Gasteiger partial charge in [-0.25, -0.2) is 31.0 Å². The molecule has 2 N–H and O–H groups in total. The molecule has 2 aliphatic heterocycles. The number of pyridine rings is 1. The first-order chi connectivity index (χ1) is 21.1. The molecule has 2 aromatic heterocycles. The molecule has 3 atom stereocenters. The molecule has 2 aliphatic rings. The van der Waals surface area contributed by atoms with Gasteiger partial charge in [-0.2, -0.15) is 9.97 Å². The number of piperidine rings is 1. The van der Waals surface area contributed by atoms with Gasteiger partial charge in [-0.1, -0.05) is 30.3 Å². The second kappa shape index (κ2) is 12.6. The topological polar surface area (TPSA) is 115 Å². The molecule has 44 heavy (non-hydrogen) atoms. The minimum Gasteiger partial charge on any atom is -0.471 e. The quantitative estimate of drug-likeness (QED) is 0.204. The fourth-order valence-electron chi connectivity index (χ4n) is 5.31. The van der Waals surface area contributed by atoms with E-state index in [9.17, 15) is 12.8 Å². The molecule has 1 unspecified atom stereocenters. The number of ether oxygens (including phenoxy) is 2. The number of rotatable bonds is 9. The van der Waals surface area contributed by atoms with E-state index in [0.717, 1.165) is 6.07 Å². The Bertz CT molecular complexity index is 1780. The summed E-state index contributed by atoms with van der Waals surface area (Å²) in [6.07, 6.45) is 0.729. The zero-order valence-corrected chi connectivity index (χ0v) is 24.2. The van der Waals surface area contributed by atoms with Crippen molar-refractivity contribution in [3.8, 4) is 17.0 Å². The molecule has 2 saturated heterocycles. The van der Waals surface area contributed by atoms with Crippen molar-refractivity contribution in [2.24, 2.45) is 0 Å². The summed E-state index contributed by atoms with van der Waals surface area (Å²) >= 11 is 0. The average Bonchev–Trinajstić information content (AvgIpc) is 3.50. The molecular weight excluding hydrogens is 602 g/mol. The molecule has 0 amide bonds. The van der Waals surface area contributed by atoms with Crippen LogP contribution in [0.4, 0.5) is 23.5 Å². The number of aromatic nitrogens is 3. The molecule has 0 bridgehead atoms. The van der Waals surface area contributed by atoms with E-state index in [-0.39, 0.29) is 48.7 Å². The number of sulfone groups is 1.